The van der Waals surface area contributed by atoms with Gasteiger partial charge in [-0.15, -0.1) is 0 Å². The van der Waals surface area contributed by atoms with Crippen molar-refractivity contribution in [3.63, 3.8) is 0 Å². The number of ether oxygens (including phenoxy) is 1. The summed E-state index contributed by atoms with van der Waals surface area (Å²) in [7, 11) is 0. The van der Waals surface area contributed by atoms with Gasteiger partial charge in [-0.3, -0.25) is 4.79 Å². The third-order valence-corrected chi connectivity index (χ3v) is 4.18. The number of para-hydroxylation sites is 1. The van der Waals surface area contributed by atoms with Crippen molar-refractivity contribution >= 4 is 5.91 Å². The number of piperidine rings is 1. The van der Waals surface area contributed by atoms with E-state index in [4.69, 9.17) is 4.74 Å². The van der Waals surface area contributed by atoms with Crippen LogP contribution in [0.4, 0.5) is 4.39 Å². The highest BCUT2D eigenvalue weighted by molar-refractivity contribution is 5.97. The van der Waals surface area contributed by atoms with Crippen molar-refractivity contribution in [1.29, 1.82) is 0 Å². The van der Waals surface area contributed by atoms with Crippen molar-refractivity contribution in [2.24, 2.45) is 0 Å². The lowest BCUT2D eigenvalue weighted by Gasteiger charge is -2.30. The SMILES string of the molecule is O=C(c1ccccc1OCc1ccc(F)cc1)N1CCC(O)CC1. The number of benzene rings is 2. The molecule has 1 aliphatic heterocycles. The number of nitrogens with zero attached hydrogens (tertiary/aromatic N) is 1. The van der Waals surface area contributed by atoms with Crippen LogP contribution in [0.5, 0.6) is 5.75 Å². The minimum atomic E-state index is -0.320. The number of halogens is 1. The molecule has 0 bridgehead atoms. The minimum Gasteiger partial charge on any atom is -0.488 e. The molecule has 0 unspecified atom stereocenters. The molecule has 0 aliphatic carbocycles. The van der Waals surface area contributed by atoms with Gasteiger partial charge in [0.1, 0.15) is 18.2 Å². The molecule has 0 aromatic heterocycles. The lowest BCUT2D eigenvalue weighted by molar-refractivity contribution is 0.0543. The smallest absolute Gasteiger partial charge is 0.257 e. The first-order valence-electron chi connectivity index (χ1n) is 8.07. The van der Waals surface area contributed by atoms with Crippen molar-refractivity contribution in [3.05, 3.63) is 65.5 Å². The van der Waals surface area contributed by atoms with Crippen LogP contribution in [0.2, 0.25) is 0 Å². The number of carbonyl (C=O) groups is 1. The van der Waals surface area contributed by atoms with Crippen LogP contribution in [0.3, 0.4) is 0 Å². The molecule has 2 aromatic carbocycles. The predicted molar refractivity (Wildman–Crippen MR) is 88.3 cm³/mol. The van der Waals surface area contributed by atoms with Gasteiger partial charge in [0.05, 0.1) is 11.7 Å². The van der Waals surface area contributed by atoms with E-state index in [0.717, 1.165) is 5.56 Å². The van der Waals surface area contributed by atoms with Crippen molar-refractivity contribution in [2.45, 2.75) is 25.6 Å². The summed E-state index contributed by atoms with van der Waals surface area (Å²) < 4.78 is 18.7. The summed E-state index contributed by atoms with van der Waals surface area (Å²) >= 11 is 0. The van der Waals surface area contributed by atoms with E-state index in [9.17, 15) is 14.3 Å². The zero-order valence-corrected chi connectivity index (χ0v) is 13.3. The fraction of sp³-hybridized carbons (Fsp3) is 0.316. The first-order chi connectivity index (χ1) is 11.6. The number of aliphatic hydroxyl groups is 1. The standard InChI is InChI=1S/C19H20FNO3/c20-15-7-5-14(6-8-15)13-24-18-4-2-1-3-17(18)19(23)21-11-9-16(22)10-12-21/h1-8,16,22H,9-13H2. The van der Waals surface area contributed by atoms with Crippen LogP contribution in [0, 0.1) is 5.82 Å². The van der Waals surface area contributed by atoms with Crippen LogP contribution in [0.15, 0.2) is 48.5 Å². The normalized spacial score (nSPS) is 15.3. The van der Waals surface area contributed by atoms with Gasteiger partial charge >= 0.3 is 0 Å². The van der Waals surface area contributed by atoms with Crippen LogP contribution in [-0.2, 0) is 6.61 Å². The van der Waals surface area contributed by atoms with E-state index in [1.54, 1.807) is 35.2 Å². The van der Waals surface area contributed by atoms with Crippen LogP contribution in [-0.4, -0.2) is 35.1 Å². The molecule has 1 saturated heterocycles. The number of hydrogen-bond acceptors (Lipinski definition) is 3. The second kappa shape index (κ2) is 7.45. The Morgan fingerprint density at radius 3 is 2.50 bits per heavy atom. The average molecular weight is 329 g/mol. The molecular weight excluding hydrogens is 309 g/mol. The highest BCUT2D eigenvalue weighted by Crippen LogP contribution is 2.23. The van der Waals surface area contributed by atoms with Gasteiger partial charge in [-0.2, -0.15) is 0 Å². The molecule has 3 rings (SSSR count). The summed E-state index contributed by atoms with van der Waals surface area (Å²) in [5, 5.41) is 9.57. The van der Waals surface area contributed by atoms with E-state index in [2.05, 4.69) is 0 Å². The van der Waals surface area contributed by atoms with Crippen LogP contribution >= 0.6 is 0 Å². The zero-order chi connectivity index (χ0) is 16.9. The molecule has 1 aliphatic rings. The van der Waals surface area contributed by atoms with Crippen molar-refractivity contribution in [1.82, 2.24) is 4.90 Å². The van der Waals surface area contributed by atoms with E-state index < -0.39 is 0 Å². The number of likely N-dealkylation sites (tertiary alicyclic amines) is 1. The van der Waals surface area contributed by atoms with Crippen LogP contribution in [0.25, 0.3) is 0 Å². The van der Waals surface area contributed by atoms with E-state index in [1.807, 2.05) is 6.07 Å². The maximum Gasteiger partial charge on any atom is 0.257 e. The Morgan fingerprint density at radius 1 is 1.12 bits per heavy atom. The topological polar surface area (TPSA) is 49.8 Å². The second-order valence-electron chi connectivity index (χ2n) is 5.93. The Labute approximate surface area is 140 Å². The Bertz CT molecular complexity index is 694. The van der Waals surface area contributed by atoms with Crippen molar-refractivity contribution in [3.8, 4) is 5.75 Å². The molecular formula is C19H20FNO3. The van der Waals surface area contributed by atoms with Gasteiger partial charge in [-0.05, 0) is 42.7 Å². The highest BCUT2D eigenvalue weighted by atomic mass is 19.1. The monoisotopic (exact) mass is 329 g/mol. The molecule has 5 heteroatoms. The largest absolute Gasteiger partial charge is 0.488 e. The number of carbonyl (C=O) groups excluding carboxylic acids is 1. The Morgan fingerprint density at radius 2 is 1.79 bits per heavy atom. The maximum atomic E-state index is 12.9. The lowest BCUT2D eigenvalue weighted by Crippen LogP contribution is -2.40. The van der Waals surface area contributed by atoms with Gasteiger partial charge in [0.2, 0.25) is 0 Å². The predicted octanol–water partition coefficient (Wildman–Crippen LogP) is 3.00. The molecule has 0 atom stereocenters. The summed E-state index contributed by atoms with van der Waals surface area (Å²) in [6, 6.07) is 13.2. The summed E-state index contributed by atoms with van der Waals surface area (Å²) in [6.45, 7) is 1.36. The molecule has 1 N–H and O–H groups in total. The third kappa shape index (κ3) is 3.92. The minimum absolute atomic E-state index is 0.0865. The molecule has 1 amide bonds. The summed E-state index contributed by atoms with van der Waals surface area (Å²) in [6.07, 6.45) is 0.883. The molecule has 126 valence electrons. The molecule has 2 aromatic rings. The number of amides is 1. The summed E-state index contributed by atoms with van der Waals surface area (Å²) in [5.74, 6) is 0.135. The Balaban J connectivity index is 1.70. The van der Waals surface area contributed by atoms with Crippen LogP contribution in [0.1, 0.15) is 28.8 Å². The molecule has 4 nitrogen and oxygen atoms in total. The Kier molecular flexibility index (Phi) is 5.11. The number of hydrogen-bond donors (Lipinski definition) is 1. The molecule has 1 heterocycles. The Hall–Kier alpha value is -2.40. The third-order valence-electron chi connectivity index (χ3n) is 4.18. The van der Waals surface area contributed by atoms with Gasteiger partial charge < -0.3 is 14.7 Å². The van der Waals surface area contributed by atoms with E-state index in [-0.39, 0.29) is 24.4 Å². The summed E-state index contributed by atoms with van der Waals surface area (Å²) in [5.41, 5.74) is 1.34. The van der Waals surface area contributed by atoms with Crippen molar-refractivity contribution in [2.75, 3.05) is 13.1 Å². The summed E-state index contributed by atoms with van der Waals surface area (Å²) in [4.78, 5) is 14.4. The number of rotatable bonds is 4. The van der Waals surface area contributed by atoms with Gasteiger partial charge in [-0.25, -0.2) is 4.39 Å². The fourth-order valence-electron chi connectivity index (χ4n) is 2.75. The van der Waals surface area contributed by atoms with Gasteiger partial charge in [0.25, 0.3) is 5.91 Å². The quantitative estimate of drug-likeness (QED) is 0.938. The van der Waals surface area contributed by atoms with E-state index in [1.165, 1.54) is 12.1 Å². The van der Waals surface area contributed by atoms with Gasteiger partial charge in [0.15, 0.2) is 0 Å². The maximum absolute atomic E-state index is 12.9. The lowest BCUT2D eigenvalue weighted by atomic mass is 10.1. The highest BCUT2D eigenvalue weighted by Gasteiger charge is 2.24. The first kappa shape index (κ1) is 16.5. The second-order valence-corrected chi connectivity index (χ2v) is 5.93. The molecule has 0 spiro atoms. The van der Waals surface area contributed by atoms with Gasteiger partial charge in [0, 0.05) is 13.1 Å². The molecule has 1 fully saturated rings. The molecule has 0 radical (unpaired) electrons. The zero-order valence-electron chi connectivity index (χ0n) is 13.3. The van der Waals surface area contributed by atoms with Crippen molar-refractivity contribution < 1.29 is 19.0 Å². The van der Waals surface area contributed by atoms with E-state index >= 15 is 0 Å². The number of aliphatic hydroxyl groups excluding tert-OH is 1. The fourth-order valence-corrected chi connectivity index (χ4v) is 2.75. The molecule has 24 heavy (non-hydrogen) atoms. The molecule has 0 saturated carbocycles. The average Bonchev–Trinajstić information content (AvgIpc) is 2.61. The first-order valence-corrected chi connectivity index (χ1v) is 8.07. The van der Waals surface area contributed by atoms with Gasteiger partial charge in [-0.1, -0.05) is 24.3 Å². The van der Waals surface area contributed by atoms with E-state index in [0.29, 0.717) is 37.2 Å². The van der Waals surface area contributed by atoms with Crippen LogP contribution < -0.4 is 4.74 Å².